The number of aromatic nitrogens is 4. The number of nitrogens with zero attached hydrogens (tertiary/aromatic N) is 4. The van der Waals surface area contributed by atoms with Crippen molar-refractivity contribution in [3.8, 4) is 0 Å². The molecular weight excluding hydrogens is 234 g/mol. The number of aliphatic hydroxyl groups is 1. The quantitative estimate of drug-likeness (QED) is 0.798. The zero-order valence-electron chi connectivity index (χ0n) is 10.1. The van der Waals surface area contributed by atoms with Gasteiger partial charge in [0.2, 0.25) is 5.95 Å². The maximum absolute atomic E-state index is 9.09. The molecule has 3 rings (SSSR count). The van der Waals surface area contributed by atoms with E-state index in [0.29, 0.717) is 5.65 Å². The number of rotatable bonds is 2. The van der Waals surface area contributed by atoms with E-state index in [0.717, 1.165) is 24.1 Å². The summed E-state index contributed by atoms with van der Waals surface area (Å²) in [7, 11) is 0. The highest BCUT2D eigenvalue weighted by Crippen LogP contribution is 2.30. The van der Waals surface area contributed by atoms with Gasteiger partial charge in [0.15, 0.2) is 5.65 Å². The first-order valence-electron chi connectivity index (χ1n) is 5.92. The molecule has 3 heterocycles. The van der Waals surface area contributed by atoms with Crippen molar-refractivity contribution in [2.24, 2.45) is 0 Å². The fourth-order valence-corrected chi connectivity index (χ4v) is 2.32. The lowest BCUT2D eigenvalue weighted by molar-refractivity contribution is -0.0207. The van der Waals surface area contributed by atoms with Crippen LogP contribution in [0.4, 0.5) is 5.95 Å². The average molecular weight is 249 g/mol. The molecule has 1 aliphatic rings. The highest BCUT2D eigenvalue weighted by atomic mass is 16.5. The minimum absolute atomic E-state index is 0.0410. The second kappa shape index (κ2) is 4.18. The van der Waals surface area contributed by atoms with Crippen LogP contribution in [0.5, 0.6) is 0 Å². The summed E-state index contributed by atoms with van der Waals surface area (Å²) in [6, 6.07) is 0. The second-order valence-electron chi connectivity index (χ2n) is 4.46. The largest absolute Gasteiger partial charge is 0.394 e. The summed E-state index contributed by atoms with van der Waals surface area (Å²) in [6.07, 6.45) is 3.12. The molecule has 0 saturated carbocycles. The standard InChI is InChI=1S/C11H15N5O2/c1-6-9-10(15-11(12)14-6)16(5-13-9)8-3-2-7(4-17)18-8/h5,7-8,17H,2-4H2,1H3,(H2,12,14,15). The van der Waals surface area contributed by atoms with Gasteiger partial charge in [0, 0.05) is 0 Å². The van der Waals surface area contributed by atoms with Gasteiger partial charge >= 0.3 is 0 Å². The van der Waals surface area contributed by atoms with Crippen LogP contribution in [0.15, 0.2) is 6.33 Å². The smallest absolute Gasteiger partial charge is 0.222 e. The maximum atomic E-state index is 9.09. The molecule has 7 heteroatoms. The number of ether oxygens (including phenoxy) is 1. The predicted molar refractivity (Wildman–Crippen MR) is 64.7 cm³/mol. The summed E-state index contributed by atoms with van der Waals surface area (Å²) in [5.41, 5.74) is 7.84. The van der Waals surface area contributed by atoms with E-state index in [4.69, 9.17) is 15.6 Å². The lowest BCUT2D eigenvalue weighted by Crippen LogP contribution is -2.14. The first-order valence-corrected chi connectivity index (χ1v) is 5.92. The van der Waals surface area contributed by atoms with Crippen molar-refractivity contribution in [1.29, 1.82) is 0 Å². The maximum Gasteiger partial charge on any atom is 0.222 e. The first-order chi connectivity index (χ1) is 8.69. The van der Waals surface area contributed by atoms with Crippen LogP contribution < -0.4 is 5.73 Å². The van der Waals surface area contributed by atoms with Gasteiger partial charge in [-0.3, -0.25) is 4.57 Å². The summed E-state index contributed by atoms with van der Waals surface area (Å²) in [5, 5.41) is 9.09. The Hall–Kier alpha value is -1.73. The number of nitrogen functional groups attached to an aromatic ring is 1. The van der Waals surface area contributed by atoms with Gasteiger partial charge in [0.05, 0.1) is 24.7 Å². The second-order valence-corrected chi connectivity index (χ2v) is 4.46. The fourth-order valence-electron chi connectivity index (χ4n) is 2.32. The highest BCUT2D eigenvalue weighted by molar-refractivity contribution is 5.74. The van der Waals surface area contributed by atoms with Crippen LogP contribution >= 0.6 is 0 Å². The van der Waals surface area contributed by atoms with Crippen LogP contribution in [0.3, 0.4) is 0 Å². The van der Waals surface area contributed by atoms with Gasteiger partial charge in [0.25, 0.3) is 0 Å². The van der Waals surface area contributed by atoms with Crippen LogP contribution in [0.1, 0.15) is 24.8 Å². The lowest BCUT2D eigenvalue weighted by atomic mass is 10.2. The van der Waals surface area contributed by atoms with Gasteiger partial charge in [-0.2, -0.15) is 4.98 Å². The monoisotopic (exact) mass is 249 g/mol. The van der Waals surface area contributed by atoms with Gasteiger partial charge in [-0.25, -0.2) is 9.97 Å². The normalized spacial score (nSPS) is 23.9. The summed E-state index contributed by atoms with van der Waals surface area (Å²) in [5.74, 6) is 0.235. The summed E-state index contributed by atoms with van der Waals surface area (Å²) >= 11 is 0. The van der Waals surface area contributed by atoms with Crippen molar-refractivity contribution in [3.63, 3.8) is 0 Å². The van der Waals surface area contributed by atoms with E-state index in [1.807, 2.05) is 11.5 Å². The van der Waals surface area contributed by atoms with E-state index < -0.39 is 0 Å². The minimum Gasteiger partial charge on any atom is -0.394 e. The Morgan fingerprint density at radius 1 is 1.50 bits per heavy atom. The van der Waals surface area contributed by atoms with Crippen molar-refractivity contribution >= 4 is 17.1 Å². The molecule has 96 valence electrons. The molecular formula is C11H15N5O2. The van der Waals surface area contributed by atoms with Crippen molar-refractivity contribution in [1.82, 2.24) is 19.5 Å². The third kappa shape index (κ3) is 1.72. The topological polar surface area (TPSA) is 99.1 Å². The number of hydrogen-bond acceptors (Lipinski definition) is 6. The molecule has 1 aliphatic heterocycles. The molecule has 0 amide bonds. The van der Waals surface area contributed by atoms with E-state index in [1.165, 1.54) is 0 Å². The molecule has 0 bridgehead atoms. The van der Waals surface area contributed by atoms with E-state index in [-0.39, 0.29) is 24.9 Å². The number of imidazole rings is 1. The Balaban J connectivity index is 2.03. The number of aryl methyl sites for hydroxylation is 1. The van der Waals surface area contributed by atoms with Crippen molar-refractivity contribution in [3.05, 3.63) is 12.0 Å². The van der Waals surface area contributed by atoms with Crippen LogP contribution in [0.2, 0.25) is 0 Å². The Morgan fingerprint density at radius 2 is 2.33 bits per heavy atom. The minimum atomic E-state index is -0.138. The average Bonchev–Trinajstić information content (AvgIpc) is 2.93. The molecule has 18 heavy (non-hydrogen) atoms. The van der Waals surface area contributed by atoms with Gasteiger partial charge in [-0.05, 0) is 19.8 Å². The third-order valence-electron chi connectivity index (χ3n) is 3.21. The van der Waals surface area contributed by atoms with Crippen molar-refractivity contribution in [2.75, 3.05) is 12.3 Å². The Kier molecular flexibility index (Phi) is 2.64. The Bertz CT molecular complexity index is 582. The molecule has 1 fully saturated rings. The van der Waals surface area contributed by atoms with E-state index in [9.17, 15) is 0 Å². The zero-order valence-corrected chi connectivity index (χ0v) is 10.1. The van der Waals surface area contributed by atoms with E-state index in [1.54, 1.807) is 6.33 Å². The number of nitrogens with two attached hydrogens (primary N) is 1. The molecule has 0 radical (unpaired) electrons. The summed E-state index contributed by atoms with van der Waals surface area (Å²) < 4.78 is 7.57. The molecule has 3 N–H and O–H groups in total. The summed E-state index contributed by atoms with van der Waals surface area (Å²) in [4.78, 5) is 12.6. The Morgan fingerprint density at radius 3 is 3.06 bits per heavy atom. The van der Waals surface area contributed by atoms with Gasteiger partial charge in [-0.15, -0.1) is 0 Å². The molecule has 7 nitrogen and oxygen atoms in total. The molecule has 0 spiro atoms. The number of fused-ring (bicyclic) bond motifs is 1. The van der Waals surface area contributed by atoms with Crippen molar-refractivity contribution < 1.29 is 9.84 Å². The van der Waals surface area contributed by atoms with E-state index >= 15 is 0 Å². The zero-order chi connectivity index (χ0) is 12.7. The SMILES string of the molecule is Cc1nc(N)nc2c1ncn2C1CCC(CO)O1. The van der Waals surface area contributed by atoms with Gasteiger partial charge < -0.3 is 15.6 Å². The van der Waals surface area contributed by atoms with E-state index in [2.05, 4.69) is 15.0 Å². The molecule has 2 aromatic rings. The molecule has 0 aliphatic carbocycles. The van der Waals surface area contributed by atoms with Crippen LogP contribution in [0.25, 0.3) is 11.2 Å². The molecule has 0 aromatic carbocycles. The third-order valence-corrected chi connectivity index (χ3v) is 3.21. The molecule has 2 aromatic heterocycles. The predicted octanol–water partition coefficient (Wildman–Crippen LogP) is 0.387. The molecule has 1 saturated heterocycles. The van der Waals surface area contributed by atoms with Gasteiger partial charge in [-0.1, -0.05) is 0 Å². The Labute approximate surface area is 104 Å². The molecule has 2 unspecified atom stereocenters. The lowest BCUT2D eigenvalue weighted by Gasteiger charge is -2.13. The van der Waals surface area contributed by atoms with Crippen LogP contribution in [-0.2, 0) is 4.74 Å². The fraction of sp³-hybridized carbons (Fsp3) is 0.545. The first kappa shape index (κ1) is 11.4. The van der Waals surface area contributed by atoms with Gasteiger partial charge in [0.1, 0.15) is 11.7 Å². The van der Waals surface area contributed by atoms with Crippen molar-refractivity contribution in [2.45, 2.75) is 32.1 Å². The highest BCUT2D eigenvalue weighted by Gasteiger charge is 2.27. The number of hydrogen-bond donors (Lipinski definition) is 2. The van der Waals surface area contributed by atoms with Crippen LogP contribution in [0, 0.1) is 6.92 Å². The number of aliphatic hydroxyl groups excluding tert-OH is 1. The number of anilines is 1. The molecule has 2 atom stereocenters. The summed E-state index contributed by atoms with van der Waals surface area (Å²) in [6.45, 7) is 1.89. The van der Waals surface area contributed by atoms with Crippen LogP contribution in [-0.4, -0.2) is 37.3 Å².